The van der Waals surface area contributed by atoms with E-state index in [1.807, 2.05) is 0 Å². The molecule has 2 heterocycles. The van der Waals surface area contributed by atoms with Crippen LogP contribution in [0.25, 0.3) is 0 Å². The largest absolute Gasteiger partial charge is 0.339 e. The summed E-state index contributed by atoms with van der Waals surface area (Å²) in [4.78, 5) is 17.0. The van der Waals surface area contributed by atoms with Crippen LogP contribution in [-0.2, 0) is 0 Å². The zero-order valence-electron chi connectivity index (χ0n) is 16.2. The Kier molecular flexibility index (Phi) is 5.44. The van der Waals surface area contributed by atoms with Gasteiger partial charge in [0, 0.05) is 31.2 Å². The lowest BCUT2D eigenvalue weighted by Crippen LogP contribution is -2.51. The van der Waals surface area contributed by atoms with E-state index in [1.54, 1.807) is 11.0 Å². The Hall–Kier alpha value is -1.91. The number of benzene rings is 2. The van der Waals surface area contributed by atoms with E-state index in [2.05, 4.69) is 42.3 Å². The molecular weight excluding hydrogens is 375 g/mol. The van der Waals surface area contributed by atoms with E-state index in [9.17, 15) is 9.18 Å². The molecule has 5 heteroatoms. The number of carbonyl (C=O) groups excluding carboxylic acids is 1. The Bertz CT molecular complexity index is 849. The first kappa shape index (κ1) is 19.4. The lowest BCUT2D eigenvalue weighted by Gasteiger charge is -2.49. The molecule has 0 N–H and O–H groups in total. The lowest BCUT2D eigenvalue weighted by molar-refractivity contribution is 0.0222. The van der Waals surface area contributed by atoms with E-state index in [0.717, 1.165) is 32.4 Å². The molecule has 0 saturated carbocycles. The Morgan fingerprint density at radius 2 is 1.86 bits per heavy atom. The summed E-state index contributed by atoms with van der Waals surface area (Å²) in [7, 11) is 2.19. The molecule has 0 bridgehead atoms. The van der Waals surface area contributed by atoms with Crippen LogP contribution in [0.5, 0.6) is 0 Å². The number of hydrogen-bond acceptors (Lipinski definition) is 2. The van der Waals surface area contributed by atoms with Gasteiger partial charge < -0.3 is 9.80 Å². The van der Waals surface area contributed by atoms with Gasteiger partial charge in [0.1, 0.15) is 5.82 Å². The van der Waals surface area contributed by atoms with Crippen LogP contribution in [-0.4, -0.2) is 48.9 Å². The standard InChI is InChI=1S/C23H26ClFN2O/c1-26-15-18(17-5-3-2-4-6-17)14-23(16-26)9-11-27(12-10-23)22(28)20-8-7-19(24)13-21(20)25/h2-8,13,18H,9-12,14-16H2,1H3/t18-/m0/s1. The maximum Gasteiger partial charge on any atom is 0.256 e. The van der Waals surface area contributed by atoms with Crippen LogP contribution in [0.1, 0.15) is 41.1 Å². The number of likely N-dealkylation sites (tertiary alicyclic amines) is 2. The van der Waals surface area contributed by atoms with Crippen molar-refractivity contribution in [2.24, 2.45) is 5.41 Å². The first-order chi connectivity index (χ1) is 13.5. The highest BCUT2D eigenvalue weighted by Crippen LogP contribution is 2.44. The van der Waals surface area contributed by atoms with Crippen molar-refractivity contribution in [3.8, 4) is 0 Å². The predicted octanol–water partition coefficient (Wildman–Crippen LogP) is 4.82. The summed E-state index contributed by atoms with van der Waals surface area (Å²) in [6, 6.07) is 15.0. The van der Waals surface area contributed by atoms with Crippen molar-refractivity contribution in [3.05, 3.63) is 70.5 Å². The molecule has 4 rings (SSSR count). The number of halogens is 2. The molecule has 28 heavy (non-hydrogen) atoms. The molecule has 2 aromatic rings. The zero-order valence-corrected chi connectivity index (χ0v) is 17.0. The molecule has 1 spiro atoms. The van der Waals surface area contributed by atoms with Crippen molar-refractivity contribution in [3.63, 3.8) is 0 Å². The number of amides is 1. The van der Waals surface area contributed by atoms with Gasteiger partial charge in [0.05, 0.1) is 5.56 Å². The Morgan fingerprint density at radius 3 is 2.54 bits per heavy atom. The fourth-order valence-corrected chi connectivity index (χ4v) is 5.15. The molecule has 3 nitrogen and oxygen atoms in total. The maximum atomic E-state index is 14.2. The molecule has 0 aromatic heterocycles. The number of likely N-dealkylation sites (N-methyl/N-ethyl adjacent to an activating group) is 1. The van der Waals surface area contributed by atoms with Crippen LogP contribution in [0.4, 0.5) is 4.39 Å². The van der Waals surface area contributed by atoms with Crippen LogP contribution >= 0.6 is 11.6 Å². The van der Waals surface area contributed by atoms with Gasteiger partial charge in [0.15, 0.2) is 0 Å². The molecule has 1 amide bonds. The number of nitrogens with zero attached hydrogens (tertiary/aromatic N) is 2. The quantitative estimate of drug-likeness (QED) is 0.721. The van der Waals surface area contributed by atoms with Crippen molar-refractivity contribution in [2.45, 2.75) is 25.2 Å². The fourth-order valence-electron chi connectivity index (χ4n) is 4.99. The van der Waals surface area contributed by atoms with Crippen LogP contribution in [0, 0.1) is 11.2 Å². The third kappa shape index (κ3) is 3.94. The lowest BCUT2D eigenvalue weighted by atomic mass is 9.68. The van der Waals surface area contributed by atoms with Crippen molar-refractivity contribution in [1.29, 1.82) is 0 Å². The number of rotatable bonds is 2. The van der Waals surface area contributed by atoms with E-state index < -0.39 is 5.82 Å². The molecule has 0 unspecified atom stereocenters. The van der Waals surface area contributed by atoms with E-state index in [1.165, 1.54) is 17.7 Å². The van der Waals surface area contributed by atoms with Crippen molar-refractivity contribution < 1.29 is 9.18 Å². The number of piperidine rings is 2. The number of carbonyl (C=O) groups is 1. The molecule has 148 valence electrons. The molecule has 0 aliphatic carbocycles. The highest BCUT2D eigenvalue weighted by molar-refractivity contribution is 6.30. The van der Waals surface area contributed by atoms with E-state index in [4.69, 9.17) is 11.6 Å². The minimum absolute atomic E-state index is 0.114. The van der Waals surface area contributed by atoms with E-state index >= 15 is 0 Å². The fraction of sp³-hybridized carbons (Fsp3) is 0.435. The Balaban J connectivity index is 1.45. The third-order valence-electron chi connectivity index (χ3n) is 6.36. The highest BCUT2D eigenvalue weighted by atomic mass is 35.5. The highest BCUT2D eigenvalue weighted by Gasteiger charge is 2.42. The van der Waals surface area contributed by atoms with E-state index in [0.29, 0.717) is 24.0 Å². The first-order valence-electron chi connectivity index (χ1n) is 9.94. The molecule has 2 saturated heterocycles. The van der Waals surface area contributed by atoms with Gasteiger partial charge in [-0.05, 0) is 61.4 Å². The van der Waals surface area contributed by atoms with Crippen molar-refractivity contribution >= 4 is 17.5 Å². The average molecular weight is 401 g/mol. The minimum atomic E-state index is -0.542. The van der Waals surface area contributed by atoms with E-state index in [-0.39, 0.29) is 16.9 Å². The van der Waals surface area contributed by atoms with Gasteiger partial charge in [-0.15, -0.1) is 0 Å². The van der Waals surface area contributed by atoms with Crippen LogP contribution < -0.4 is 0 Å². The summed E-state index contributed by atoms with van der Waals surface area (Å²) >= 11 is 5.81. The average Bonchev–Trinajstić information content (AvgIpc) is 2.68. The summed E-state index contributed by atoms with van der Waals surface area (Å²) in [5, 5.41) is 0.309. The molecule has 2 aromatic carbocycles. The zero-order chi connectivity index (χ0) is 19.7. The third-order valence-corrected chi connectivity index (χ3v) is 6.60. The van der Waals surface area contributed by atoms with Crippen LogP contribution in [0.2, 0.25) is 5.02 Å². The topological polar surface area (TPSA) is 23.6 Å². The van der Waals surface area contributed by atoms with Gasteiger partial charge >= 0.3 is 0 Å². The summed E-state index contributed by atoms with van der Waals surface area (Å²) in [5.74, 6) is -0.247. The first-order valence-corrected chi connectivity index (χ1v) is 10.3. The van der Waals surface area contributed by atoms with Crippen molar-refractivity contribution in [1.82, 2.24) is 9.80 Å². The molecule has 1 atom stereocenters. The molecule has 2 aliphatic heterocycles. The SMILES string of the molecule is CN1C[C@@H](c2ccccc2)CC2(CCN(C(=O)c3ccc(Cl)cc3F)CC2)C1. The maximum absolute atomic E-state index is 14.2. The van der Waals surface area contributed by atoms with Crippen LogP contribution in [0.3, 0.4) is 0 Å². The second kappa shape index (κ2) is 7.84. The van der Waals surface area contributed by atoms with Gasteiger partial charge in [-0.25, -0.2) is 4.39 Å². The van der Waals surface area contributed by atoms with Gasteiger partial charge in [0.25, 0.3) is 5.91 Å². The predicted molar refractivity (Wildman–Crippen MR) is 110 cm³/mol. The van der Waals surface area contributed by atoms with Gasteiger partial charge in [-0.2, -0.15) is 0 Å². The van der Waals surface area contributed by atoms with Crippen LogP contribution in [0.15, 0.2) is 48.5 Å². The van der Waals surface area contributed by atoms with Gasteiger partial charge in [0.2, 0.25) is 0 Å². The summed E-state index contributed by atoms with van der Waals surface area (Å²) in [5.41, 5.74) is 1.74. The minimum Gasteiger partial charge on any atom is -0.339 e. The van der Waals surface area contributed by atoms with Gasteiger partial charge in [-0.1, -0.05) is 41.9 Å². The summed E-state index contributed by atoms with van der Waals surface area (Å²) in [6.07, 6.45) is 3.07. The number of hydrogen-bond donors (Lipinski definition) is 0. The molecular formula is C23H26ClFN2O. The molecule has 0 radical (unpaired) electrons. The normalized spacial score (nSPS) is 22.4. The summed E-state index contributed by atoms with van der Waals surface area (Å²) in [6.45, 7) is 3.49. The Labute approximate surface area is 171 Å². The molecule has 2 aliphatic rings. The Morgan fingerprint density at radius 1 is 1.14 bits per heavy atom. The van der Waals surface area contributed by atoms with Crippen molar-refractivity contribution in [2.75, 3.05) is 33.2 Å². The second-order valence-electron chi connectivity index (χ2n) is 8.42. The smallest absolute Gasteiger partial charge is 0.256 e. The van der Waals surface area contributed by atoms with Gasteiger partial charge in [-0.3, -0.25) is 4.79 Å². The summed E-state index contributed by atoms with van der Waals surface area (Å²) < 4.78 is 14.2. The molecule has 2 fully saturated rings. The second-order valence-corrected chi connectivity index (χ2v) is 8.86. The monoisotopic (exact) mass is 400 g/mol.